The fraction of sp³-hybridized carbons (Fsp3) is 0.938. The molecule has 0 aromatic heterocycles. The minimum atomic E-state index is -0.350. The molecule has 4 nitrogen and oxygen atoms in total. The highest BCUT2D eigenvalue weighted by molar-refractivity contribution is 5.78. The largest absolute Gasteiger partial charge is 0.392 e. The van der Waals surface area contributed by atoms with Gasteiger partial charge in [0.1, 0.15) is 0 Å². The van der Waals surface area contributed by atoms with Crippen LogP contribution in [0, 0.1) is 5.92 Å². The molecule has 0 radical (unpaired) electrons. The number of aliphatic hydroxyl groups is 1. The van der Waals surface area contributed by atoms with Crippen LogP contribution in [0.15, 0.2) is 0 Å². The molecular weight excluding hydrogens is 252 g/mol. The number of hydrogen-bond donors (Lipinski definition) is 2. The zero-order chi connectivity index (χ0) is 14.5. The molecule has 2 N–H and O–H groups in total. The number of amides is 1. The molecule has 2 rings (SSSR count). The van der Waals surface area contributed by atoms with Crippen LogP contribution in [-0.2, 0) is 4.79 Å². The lowest BCUT2D eigenvalue weighted by Crippen LogP contribution is -2.52. The minimum absolute atomic E-state index is 0.135. The fourth-order valence-corrected chi connectivity index (χ4v) is 3.73. The molecule has 0 bridgehead atoms. The lowest BCUT2D eigenvalue weighted by atomic mass is 9.86. The number of rotatable bonds is 4. The van der Waals surface area contributed by atoms with Gasteiger partial charge in [0.05, 0.1) is 12.6 Å². The average molecular weight is 282 g/mol. The van der Waals surface area contributed by atoms with E-state index in [-0.39, 0.29) is 18.1 Å². The van der Waals surface area contributed by atoms with E-state index in [2.05, 4.69) is 17.1 Å². The summed E-state index contributed by atoms with van der Waals surface area (Å²) in [7, 11) is 0. The van der Waals surface area contributed by atoms with E-state index in [0.717, 1.165) is 32.2 Å². The van der Waals surface area contributed by atoms with Crippen molar-refractivity contribution < 1.29 is 9.90 Å². The molecule has 1 aliphatic heterocycles. The molecule has 1 aliphatic carbocycles. The van der Waals surface area contributed by atoms with Crippen LogP contribution in [0.2, 0.25) is 0 Å². The molecule has 0 unspecified atom stereocenters. The van der Waals surface area contributed by atoms with E-state index in [1.807, 2.05) is 6.92 Å². The number of aliphatic hydroxyl groups excluding tert-OH is 1. The molecule has 1 saturated carbocycles. The summed E-state index contributed by atoms with van der Waals surface area (Å²) in [6, 6.07) is 0.504. The number of hydrogen-bond acceptors (Lipinski definition) is 3. The Morgan fingerprint density at radius 3 is 2.65 bits per heavy atom. The minimum Gasteiger partial charge on any atom is -0.392 e. The molecule has 0 spiro atoms. The molecule has 116 valence electrons. The van der Waals surface area contributed by atoms with Crippen molar-refractivity contribution in [2.24, 2.45) is 5.92 Å². The van der Waals surface area contributed by atoms with Crippen LogP contribution in [0.5, 0.6) is 0 Å². The van der Waals surface area contributed by atoms with Crippen LogP contribution < -0.4 is 5.32 Å². The molecule has 1 heterocycles. The normalized spacial score (nSPS) is 33.6. The van der Waals surface area contributed by atoms with E-state index in [0.29, 0.717) is 18.5 Å². The van der Waals surface area contributed by atoms with Crippen molar-refractivity contribution in [1.82, 2.24) is 10.2 Å². The summed E-state index contributed by atoms with van der Waals surface area (Å²) >= 11 is 0. The van der Waals surface area contributed by atoms with Gasteiger partial charge in [-0.1, -0.05) is 26.2 Å². The quantitative estimate of drug-likeness (QED) is 0.828. The average Bonchev–Trinajstić information content (AvgIpc) is 2.41. The topological polar surface area (TPSA) is 52.6 Å². The number of likely N-dealkylation sites (tertiary alicyclic amines) is 1. The first-order valence-electron chi connectivity index (χ1n) is 8.29. The molecular formula is C16H30N2O2. The van der Waals surface area contributed by atoms with Crippen molar-refractivity contribution in [1.29, 1.82) is 0 Å². The second kappa shape index (κ2) is 7.41. The molecule has 1 amide bonds. The maximum atomic E-state index is 12.3. The lowest BCUT2D eigenvalue weighted by Gasteiger charge is -2.37. The Kier molecular flexibility index (Phi) is 5.85. The second-order valence-electron chi connectivity index (χ2n) is 6.71. The number of carbonyl (C=O) groups is 1. The van der Waals surface area contributed by atoms with Gasteiger partial charge in [0.25, 0.3) is 0 Å². The SMILES string of the molecule is C[C@H](O)[C@@H]1CCCCN1CC(=O)N[C@H]1CCCC[C@@H]1C. The summed E-state index contributed by atoms with van der Waals surface area (Å²) in [5.74, 6) is 0.734. The Bertz CT molecular complexity index is 320. The maximum Gasteiger partial charge on any atom is 0.234 e. The third-order valence-electron chi connectivity index (χ3n) is 5.03. The van der Waals surface area contributed by atoms with Crippen LogP contribution >= 0.6 is 0 Å². The van der Waals surface area contributed by atoms with Gasteiger partial charge in [-0.25, -0.2) is 0 Å². The Labute approximate surface area is 122 Å². The predicted octanol–water partition coefficient (Wildman–Crippen LogP) is 1.92. The van der Waals surface area contributed by atoms with Gasteiger partial charge in [-0.3, -0.25) is 9.69 Å². The van der Waals surface area contributed by atoms with Crippen molar-refractivity contribution in [3.63, 3.8) is 0 Å². The highest BCUT2D eigenvalue weighted by Gasteiger charge is 2.29. The van der Waals surface area contributed by atoms with Gasteiger partial charge < -0.3 is 10.4 Å². The van der Waals surface area contributed by atoms with Crippen LogP contribution in [0.4, 0.5) is 0 Å². The molecule has 0 aromatic rings. The Hall–Kier alpha value is -0.610. The second-order valence-corrected chi connectivity index (χ2v) is 6.71. The fourth-order valence-electron chi connectivity index (χ4n) is 3.73. The Balaban J connectivity index is 1.83. The summed E-state index contributed by atoms with van der Waals surface area (Å²) in [6.07, 6.45) is 7.82. The molecule has 1 saturated heterocycles. The van der Waals surface area contributed by atoms with Crippen molar-refractivity contribution in [3.05, 3.63) is 0 Å². The van der Waals surface area contributed by atoms with Crippen LogP contribution in [0.25, 0.3) is 0 Å². The highest BCUT2D eigenvalue weighted by Crippen LogP contribution is 2.24. The summed E-state index contributed by atoms with van der Waals surface area (Å²) in [5, 5.41) is 13.1. The van der Waals surface area contributed by atoms with E-state index < -0.39 is 0 Å². The van der Waals surface area contributed by atoms with Crippen molar-refractivity contribution in [2.75, 3.05) is 13.1 Å². The predicted molar refractivity (Wildman–Crippen MR) is 80.5 cm³/mol. The molecule has 20 heavy (non-hydrogen) atoms. The molecule has 0 aromatic carbocycles. The van der Waals surface area contributed by atoms with E-state index in [4.69, 9.17) is 0 Å². The first-order chi connectivity index (χ1) is 9.58. The van der Waals surface area contributed by atoms with Gasteiger partial charge in [-0.15, -0.1) is 0 Å². The van der Waals surface area contributed by atoms with Gasteiger partial charge in [0.15, 0.2) is 0 Å². The summed E-state index contributed by atoms with van der Waals surface area (Å²) in [6.45, 7) is 5.45. The smallest absolute Gasteiger partial charge is 0.234 e. The zero-order valence-electron chi connectivity index (χ0n) is 13.0. The van der Waals surface area contributed by atoms with Crippen molar-refractivity contribution in [2.45, 2.75) is 77.0 Å². The first kappa shape index (κ1) is 15.8. The van der Waals surface area contributed by atoms with Crippen molar-refractivity contribution >= 4 is 5.91 Å². The molecule has 2 fully saturated rings. The van der Waals surface area contributed by atoms with Gasteiger partial charge in [0.2, 0.25) is 5.91 Å². The standard InChI is InChI=1S/C16H30N2O2/c1-12-7-3-4-8-14(12)17-16(20)11-18-10-6-5-9-15(18)13(2)19/h12-15,19H,3-11H2,1-2H3,(H,17,20)/t12-,13-,14-,15-/m0/s1. The lowest BCUT2D eigenvalue weighted by molar-refractivity contribution is -0.125. The summed E-state index contributed by atoms with van der Waals surface area (Å²) in [5.41, 5.74) is 0. The third kappa shape index (κ3) is 4.19. The van der Waals surface area contributed by atoms with E-state index in [1.165, 1.54) is 19.3 Å². The summed E-state index contributed by atoms with van der Waals surface area (Å²) in [4.78, 5) is 14.4. The monoisotopic (exact) mass is 282 g/mol. The van der Waals surface area contributed by atoms with Crippen molar-refractivity contribution in [3.8, 4) is 0 Å². The van der Waals surface area contributed by atoms with Gasteiger partial charge in [-0.05, 0) is 45.1 Å². The maximum absolute atomic E-state index is 12.3. The number of carbonyl (C=O) groups excluding carboxylic acids is 1. The third-order valence-corrected chi connectivity index (χ3v) is 5.03. The highest BCUT2D eigenvalue weighted by atomic mass is 16.3. The molecule has 4 heteroatoms. The van der Waals surface area contributed by atoms with Crippen LogP contribution in [0.3, 0.4) is 0 Å². The number of piperidine rings is 1. The zero-order valence-corrected chi connectivity index (χ0v) is 13.0. The summed E-state index contributed by atoms with van der Waals surface area (Å²) < 4.78 is 0. The Morgan fingerprint density at radius 1 is 1.25 bits per heavy atom. The van der Waals surface area contributed by atoms with Crippen LogP contribution in [0.1, 0.15) is 58.8 Å². The van der Waals surface area contributed by atoms with Gasteiger partial charge in [0, 0.05) is 12.1 Å². The Morgan fingerprint density at radius 2 is 1.95 bits per heavy atom. The van der Waals surface area contributed by atoms with Crippen LogP contribution in [-0.4, -0.2) is 47.2 Å². The van der Waals surface area contributed by atoms with E-state index in [9.17, 15) is 9.90 Å². The number of nitrogens with one attached hydrogen (secondary N) is 1. The van der Waals surface area contributed by atoms with Gasteiger partial charge in [-0.2, -0.15) is 0 Å². The van der Waals surface area contributed by atoms with E-state index >= 15 is 0 Å². The molecule has 4 atom stereocenters. The number of nitrogens with zero attached hydrogens (tertiary/aromatic N) is 1. The molecule has 2 aliphatic rings. The first-order valence-corrected chi connectivity index (χ1v) is 8.29. The van der Waals surface area contributed by atoms with Gasteiger partial charge >= 0.3 is 0 Å². The van der Waals surface area contributed by atoms with E-state index in [1.54, 1.807) is 0 Å².